The van der Waals surface area contributed by atoms with Gasteiger partial charge in [0.1, 0.15) is 0 Å². The average molecular weight is 281 g/mol. The maximum Gasteiger partial charge on any atom is 0.00797 e. The normalized spacial score (nSPS) is 27.6. The minimum absolute atomic E-state index is 0.771. The highest BCUT2D eigenvalue weighted by molar-refractivity contribution is 4.75. The van der Waals surface area contributed by atoms with Crippen molar-refractivity contribution in [3.05, 3.63) is 0 Å². The van der Waals surface area contributed by atoms with E-state index in [0.29, 0.717) is 0 Å². The Balaban J connectivity index is 1.52. The van der Waals surface area contributed by atoms with Gasteiger partial charge in [0.05, 0.1) is 0 Å². The Labute approximate surface area is 126 Å². The fraction of sp³-hybridized carbons (Fsp3) is 1.00. The number of piperidine rings is 1. The Morgan fingerprint density at radius 1 is 0.950 bits per heavy atom. The van der Waals surface area contributed by atoms with Gasteiger partial charge < -0.3 is 15.1 Å². The summed E-state index contributed by atoms with van der Waals surface area (Å²) in [7, 11) is 0. The van der Waals surface area contributed by atoms with Gasteiger partial charge >= 0.3 is 0 Å². The molecule has 0 saturated carbocycles. The van der Waals surface area contributed by atoms with Crippen molar-refractivity contribution in [2.75, 3.05) is 45.8 Å². The third kappa shape index (κ3) is 5.71. The van der Waals surface area contributed by atoms with Gasteiger partial charge in [0, 0.05) is 6.04 Å². The molecule has 1 atom stereocenters. The molecule has 20 heavy (non-hydrogen) atoms. The smallest absolute Gasteiger partial charge is 0.00797 e. The molecule has 2 rings (SSSR count). The van der Waals surface area contributed by atoms with Gasteiger partial charge in [0.2, 0.25) is 0 Å². The van der Waals surface area contributed by atoms with E-state index in [0.717, 1.165) is 12.0 Å². The molecular formula is C17H35N3. The quantitative estimate of drug-likeness (QED) is 0.755. The molecule has 1 unspecified atom stereocenters. The summed E-state index contributed by atoms with van der Waals surface area (Å²) in [5, 5.41) is 3.80. The lowest BCUT2D eigenvalue weighted by Gasteiger charge is -2.30. The van der Waals surface area contributed by atoms with Crippen LogP contribution in [0, 0.1) is 5.92 Å². The molecule has 2 heterocycles. The Kier molecular flexibility index (Phi) is 7.32. The summed E-state index contributed by atoms with van der Waals surface area (Å²) in [6.45, 7) is 13.7. The second kappa shape index (κ2) is 9.01. The van der Waals surface area contributed by atoms with E-state index in [1.54, 1.807) is 0 Å². The minimum atomic E-state index is 0.771. The molecule has 1 N–H and O–H groups in total. The molecule has 2 saturated heterocycles. The lowest BCUT2D eigenvalue weighted by Crippen LogP contribution is -2.36. The molecule has 0 spiro atoms. The number of likely N-dealkylation sites (tertiary alicyclic amines) is 2. The molecule has 0 amide bonds. The average Bonchev–Trinajstić information content (AvgIpc) is 2.70. The summed E-state index contributed by atoms with van der Waals surface area (Å²) in [6.07, 6.45) is 8.22. The van der Waals surface area contributed by atoms with Gasteiger partial charge in [-0.15, -0.1) is 0 Å². The minimum Gasteiger partial charge on any atom is -0.314 e. The molecule has 118 valence electrons. The van der Waals surface area contributed by atoms with Crippen molar-refractivity contribution in [1.29, 1.82) is 0 Å². The summed E-state index contributed by atoms with van der Waals surface area (Å²) in [4.78, 5) is 5.25. The standard InChI is InChI=1S/C17H35N3/c1-3-19-11-4-6-17(9-15-19)18-10-5-12-20-13-7-16(2)8-14-20/h16-18H,3-15H2,1-2H3. The number of rotatable bonds is 6. The largest absolute Gasteiger partial charge is 0.314 e. The van der Waals surface area contributed by atoms with Crippen molar-refractivity contribution < 1.29 is 0 Å². The van der Waals surface area contributed by atoms with Crippen LogP contribution in [0.2, 0.25) is 0 Å². The van der Waals surface area contributed by atoms with E-state index in [-0.39, 0.29) is 0 Å². The van der Waals surface area contributed by atoms with Crippen LogP contribution in [-0.4, -0.2) is 61.7 Å². The Morgan fingerprint density at radius 2 is 1.70 bits per heavy atom. The molecule has 0 aliphatic carbocycles. The van der Waals surface area contributed by atoms with Gasteiger partial charge in [0.25, 0.3) is 0 Å². The third-order valence-corrected chi connectivity index (χ3v) is 5.23. The van der Waals surface area contributed by atoms with Crippen LogP contribution in [0.15, 0.2) is 0 Å². The maximum atomic E-state index is 3.80. The Morgan fingerprint density at radius 3 is 2.45 bits per heavy atom. The van der Waals surface area contributed by atoms with Crippen LogP contribution in [0.1, 0.15) is 52.4 Å². The number of nitrogens with zero attached hydrogens (tertiary/aromatic N) is 2. The van der Waals surface area contributed by atoms with Gasteiger partial charge in [-0.1, -0.05) is 13.8 Å². The van der Waals surface area contributed by atoms with Crippen LogP contribution in [-0.2, 0) is 0 Å². The summed E-state index contributed by atoms with van der Waals surface area (Å²) >= 11 is 0. The fourth-order valence-electron chi connectivity index (χ4n) is 3.57. The highest BCUT2D eigenvalue weighted by atomic mass is 15.1. The van der Waals surface area contributed by atoms with Crippen molar-refractivity contribution >= 4 is 0 Å². The zero-order chi connectivity index (χ0) is 14.2. The van der Waals surface area contributed by atoms with Crippen LogP contribution < -0.4 is 5.32 Å². The monoisotopic (exact) mass is 281 g/mol. The Hall–Kier alpha value is -0.120. The van der Waals surface area contributed by atoms with E-state index in [4.69, 9.17) is 0 Å². The van der Waals surface area contributed by atoms with E-state index in [2.05, 4.69) is 29.0 Å². The van der Waals surface area contributed by atoms with Gasteiger partial charge in [-0.2, -0.15) is 0 Å². The molecule has 0 aromatic heterocycles. The van der Waals surface area contributed by atoms with Crippen molar-refractivity contribution in [1.82, 2.24) is 15.1 Å². The summed E-state index contributed by atoms with van der Waals surface area (Å²) in [5.74, 6) is 0.955. The van der Waals surface area contributed by atoms with Crippen LogP contribution in [0.5, 0.6) is 0 Å². The van der Waals surface area contributed by atoms with Crippen molar-refractivity contribution in [2.24, 2.45) is 5.92 Å². The van der Waals surface area contributed by atoms with E-state index in [1.165, 1.54) is 84.3 Å². The molecular weight excluding hydrogens is 246 g/mol. The fourth-order valence-corrected chi connectivity index (χ4v) is 3.57. The predicted octanol–water partition coefficient (Wildman–Crippen LogP) is 2.57. The van der Waals surface area contributed by atoms with Crippen molar-refractivity contribution in [3.63, 3.8) is 0 Å². The maximum absolute atomic E-state index is 3.80. The van der Waals surface area contributed by atoms with Gasteiger partial charge in [0.15, 0.2) is 0 Å². The first kappa shape index (κ1) is 16.3. The zero-order valence-electron chi connectivity index (χ0n) is 13.7. The van der Waals surface area contributed by atoms with Gasteiger partial charge in [-0.3, -0.25) is 0 Å². The zero-order valence-corrected chi connectivity index (χ0v) is 13.7. The van der Waals surface area contributed by atoms with Crippen LogP contribution in [0.3, 0.4) is 0 Å². The molecule has 0 aromatic rings. The van der Waals surface area contributed by atoms with E-state index < -0.39 is 0 Å². The van der Waals surface area contributed by atoms with Crippen LogP contribution in [0.25, 0.3) is 0 Å². The van der Waals surface area contributed by atoms with Gasteiger partial charge in [-0.25, -0.2) is 0 Å². The summed E-state index contributed by atoms with van der Waals surface area (Å²) in [5.41, 5.74) is 0. The molecule has 2 aliphatic heterocycles. The molecule has 0 aromatic carbocycles. The number of hydrogen-bond donors (Lipinski definition) is 1. The molecule has 2 fully saturated rings. The summed E-state index contributed by atoms with van der Waals surface area (Å²) < 4.78 is 0. The predicted molar refractivity (Wildman–Crippen MR) is 87.2 cm³/mol. The topological polar surface area (TPSA) is 18.5 Å². The van der Waals surface area contributed by atoms with Gasteiger partial charge in [-0.05, 0) is 90.3 Å². The Bertz CT molecular complexity index is 249. The van der Waals surface area contributed by atoms with Crippen LogP contribution in [0.4, 0.5) is 0 Å². The second-order valence-corrected chi connectivity index (χ2v) is 6.89. The molecule has 0 bridgehead atoms. The lowest BCUT2D eigenvalue weighted by molar-refractivity contribution is 0.189. The van der Waals surface area contributed by atoms with Crippen LogP contribution >= 0.6 is 0 Å². The van der Waals surface area contributed by atoms with E-state index in [9.17, 15) is 0 Å². The number of nitrogens with one attached hydrogen (secondary N) is 1. The molecule has 0 radical (unpaired) electrons. The highest BCUT2D eigenvalue weighted by Crippen LogP contribution is 2.16. The third-order valence-electron chi connectivity index (χ3n) is 5.23. The first-order chi connectivity index (χ1) is 9.78. The highest BCUT2D eigenvalue weighted by Gasteiger charge is 2.16. The second-order valence-electron chi connectivity index (χ2n) is 6.89. The summed E-state index contributed by atoms with van der Waals surface area (Å²) in [6, 6.07) is 0.771. The molecule has 3 nitrogen and oxygen atoms in total. The molecule has 2 aliphatic rings. The number of hydrogen-bond acceptors (Lipinski definition) is 3. The first-order valence-electron chi connectivity index (χ1n) is 8.96. The SMILES string of the molecule is CCN1CCCC(NCCCN2CCC(C)CC2)CC1. The van der Waals surface area contributed by atoms with Crippen molar-refractivity contribution in [2.45, 2.75) is 58.4 Å². The van der Waals surface area contributed by atoms with Crippen molar-refractivity contribution in [3.8, 4) is 0 Å². The first-order valence-corrected chi connectivity index (χ1v) is 8.96. The molecule has 3 heteroatoms. The lowest BCUT2D eigenvalue weighted by atomic mass is 9.99. The van der Waals surface area contributed by atoms with E-state index >= 15 is 0 Å². The van der Waals surface area contributed by atoms with E-state index in [1.807, 2.05) is 0 Å².